The van der Waals surface area contributed by atoms with Crippen LogP contribution in [-0.4, -0.2) is 38.6 Å². The highest BCUT2D eigenvalue weighted by Gasteiger charge is 2.21. The molecule has 9 heteroatoms. The van der Waals surface area contributed by atoms with E-state index in [9.17, 15) is 4.55 Å². The Morgan fingerprint density at radius 3 is 2.90 bits per heavy atom. The van der Waals surface area contributed by atoms with Gasteiger partial charge in [0, 0.05) is 36.0 Å². The number of fused-ring (bicyclic) bond motifs is 1. The van der Waals surface area contributed by atoms with Crippen LogP contribution in [0.2, 0.25) is 5.02 Å². The number of anilines is 1. The third kappa shape index (κ3) is 2.84. The van der Waals surface area contributed by atoms with E-state index in [1.54, 1.807) is 16.2 Å². The molecule has 0 radical (unpaired) electrons. The molecule has 3 heterocycles. The van der Waals surface area contributed by atoms with Gasteiger partial charge in [-0.25, -0.2) is 9.97 Å². The second-order valence-corrected chi connectivity index (χ2v) is 7.04. The largest absolute Gasteiger partial charge is 0.609 e. The fourth-order valence-electron chi connectivity index (χ4n) is 1.83. The van der Waals surface area contributed by atoms with Crippen molar-refractivity contribution in [1.82, 2.24) is 19.9 Å². The van der Waals surface area contributed by atoms with Crippen LogP contribution in [0.1, 0.15) is 5.69 Å². The maximum absolute atomic E-state index is 12.4. The summed E-state index contributed by atoms with van der Waals surface area (Å²) in [4.78, 5) is 17.4. The first-order valence-electron chi connectivity index (χ1n) is 6.03. The molecule has 0 spiro atoms. The van der Waals surface area contributed by atoms with Crippen molar-refractivity contribution in [2.45, 2.75) is 10.9 Å². The summed E-state index contributed by atoms with van der Waals surface area (Å²) in [5.74, 6) is 0.806. The molecule has 0 aromatic carbocycles. The molecule has 3 rings (SSSR count). The predicted molar refractivity (Wildman–Crippen MR) is 85.5 cm³/mol. The average molecular weight is 342 g/mol. The number of nitrogens with one attached hydrogen (secondary N) is 1. The maximum Gasteiger partial charge on any atom is 0.322 e. The molecule has 0 fully saturated rings. The lowest BCUT2D eigenvalue weighted by Crippen LogP contribution is -2.14. The second-order valence-electron chi connectivity index (χ2n) is 4.55. The molecule has 6 nitrogen and oxygen atoms in total. The minimum Gasteiger partial charge on any atom is -0.609 e. The first-order valence-corrected chi connectivity index (χ1v) is 8.67. The number of imidazole rings is 1. The van der Waals surface area contributed by atoms with Crippen molar-refractivity contribution in [3.63, 3.8) is 0 Å². The predicted octanol–water partition coefficient (Wildman–Crippen LogP) is 2.44. The molecule has 0 aliphatic carbocycles. The first-order chi connectivity index (χ1) is 10.1. The van der Waals surface area contributed by atoms with Crippen LogP contribution in [0.3, 0.4) is 0 Å². The van der Waals surface area contributed by atoms with Gasteiger partial charge in [0.25, 0.3) is 0 Å². The van der Waals surface area contributed by atoms with Crippen molar-refractivity contribution in [2.75, 3.05) is 19.0 Å². The smallest absolute Gasteiger partial charge is 0.322 e. The lowest BCUT2D eigenvalue weighted by molar-refractivity contribution is 0.586. The van der Waals surface area contributed by atoms with Crippen LogP contribution in [0.25, 0.3) is 11.0 Å². The van der Waals surface area contributed by atoms with E-state index < -0.39 is 11.2 Å². The fraction of sp³-hybridized carbons (Fsp3) is 0.250. The number of hydrogen-bond donors (Lipinski definition) is 1. The third-order valence-electron chi connectivity index (χ3n) is 2.86. The van der Waals surface area contributed by atoms with Gasteiger partial charge in [-0.05, 0) is 0 Å². The topological polar surface area (TPSA) is 80.8 Å². The van der Waals surface area contributed by atoms with Crippen molar-refractivity contribution in [1.29, 1.82) is 0 Å². The highest BCUT2D eigenvalue weighted by molar-refractivity contribution is 7.90. The van der Waals surface area contributed by atoms with E-state index in [0.717, 1.165) is 11.0 Å². The molecule has 3 aromatic heterocycles. The first kappa shape index (κ1) is 14.6. The molecule has 1 unspecified atom stereocenters. The Morgan fingerprint density at radius 2 is 2.19 bits per heavy atom. The lowest BCUT2D eigenvalue weighted by atomic mass is 10.4. The Kier molecular flexibility index (Phi) is 4.03. The molecular formula is C12H12ClN5OS2. The maximum atomic E-state index is 12.4. The molecule has 0 saturated carbocycles. The molecule has 21 heavy (non-hydrogen) atoms. The van der Waals surface area contributed by atoms with Gasteiger partial charge in [-0.2, -0.15) is 4.98 Å². The minimum absolute atomic E-state index is 0.196. The zero-order valence-corrected chi connectivity index (χ0v) is 13.7. The number of aromatic amines is 1. The molecule has 3 aromatic rings. The van der Waals surface area contributed by atoms with Gasteiger partial charge in [0.1, 0.15) is 22.6 Å². The van der Waals surface area contributed by atoms with Crippen LogP contribution in [0, 0.1) is 0 Å². The normalized spacial score (nSPS) is 12.8. The van der Waals surface area contributed by atoms with Crippen molar-refractivity contribution >= 4 is 51.0 Å². The van der Waals surface area contributed by atoms with E-state index in [1.165, 1.54) is 6.33 Å². The van der Waals surface area contributed by atoms with E-state index in [2.05, 4.69) is 19.9 Å². The number of rotatable bonds is 4. The van der Waals surface area contributed by atoms with Gasteiger partial charge in [-0.1, -0.05) is 11.6 Å². The van der Waals surface area contributed by atoms with Crippen LogP contribution >= 0.6 is 22.9 Å². The Hall–Kier alpha value is -1.35. The molecule has 0 aliphatic heterocycles. The fourth-order valence-corrected chi connectivity index (χ4v) is 3.96. The second kappa shape index (κ2) is 5.80. The van der Waals surface area contributed by atoms with Crippen molar-refractivity contribution < 1.29 is 4.55 Å². The van der Waals surface area contributed by atoms with E-state index in [-0.39, 0.29) is 5.75 Å². The molecule has 0 aliphatic rings. The Bertz CT molecular complexity index is 743. The average Bonchev–Trinajstić information content (AvgIpc) is 3.01. The number of H-pyrrole nitrogens is 1. The summed E-state index contributed by atoms with van der Waals surface area (Å²) in [5.41, 5.74) is 2.27. The Labute approximate surface area is 133 Å². The summed E-state index contributed by atoms with van der Waals surface area (Å²) >= 11 is 6.48. The van der Waals surface area contributed by atoms with Gasteiger partial charge in [-0.3, -0.25) is 4.98 Å². The number of halogens is 1. The quantitative estimate of drug-likeness (QED) is 0.737. The van der Waals surface area contributed by atoms with E-state index >= 15 is 0 Å². The highest BCUT2D eigenvalue weighted by atomic mass is 35.5. The summed E-state index contributed by atoms with van der Waals surface area (Å²) in [7, 11) is 3.69. The van der Waals surface area contributed by atoms with Gasteiger partial charge in [0.05, 0.1) is 5.52 Å². The van der Waals surface area contributed by atoms with Crippen molar-refractivity contribution in [3.8, 4) is 0 Å². The van der Waals surface area contributed by atoms with Gasteiger partial charge in [-0.15, -0.1) is 11.3 Å². The van der Waals surface area contributed by atoms with Crippen LogP contribution in [0.5, 0.6) is 0 Å². The van der Waals surface area contributed by atoms with E-state index in [4.69, 9.17) is 11.6 Å². The van der Waals surface area contributed by atoms with Crippen LogP contribution in [0.15, 0.2) is 22.2 Å². The van der Waals surface area contributed by atoms with Crippen molar-refractivity contribution in [3.05, 3.63) is 27.8 Å². The summed E-state index contributed by atoms with van der Waals surface area (Å²) in [5, 5.41) is 4.71. The molecular weight excluding hydrogens is 330 g/mol. The zero-order chi connectivity index (χ0) is 15.0. The Morgan fingerprint density at radius 1 is 1.38 bits per heavy atom. The number of aromatic nitrogens is 4. The van der Waals surface area contributed by atoms with E-state index in [1.807, 2.05) is 24.9 Å². The third-order valence-corrected chi connectivity index (χ3v) is 5.13. The molecule has 0 bridgehead atoms. The summed E-state index contributed by atoms with van der Waals surface area (Å²) in [6, 6.07) is 0. The Balaban J connectivity index is 1.86. The monoisotopic (exact) mass is 341 g/mol. The molecule has 110 valence electrons. The number of hydrogen-bond acceptors (Lipinski definition) is 6. The van der Waals surface area contributed by atoms with E-state index in [0.29, 0.717) is 21.7 Å². The van der Waals surface area contributed by atoms with Crippen LogP contribution in [0.4, 0.5) is 5.82 Å². The van der Waals surface area contributed by atoms with Gasteiger partial charge >= 0.3 is 5.16 Å². The standard InChI is InChI=1S/C12H12ClN5OS2/c1-18(2)11-10(13)9(14-6-15-11)5-21(19)12-16-7-3-20-4-8(7)17-12/h3-4,6H,5H2,1-2H3,(H,16,17). The summed E-state index contributed by atoms with van der Waals surface area (Å²) in [6.45, 7) is 0. The van der Waals surface area contributed by atoms with Gasteiger partial charge in [0.2, 0.25) is 0 Å². The highest BCUT2D eigenvalue weighted by Crippen LogP contribution is 2.27. The minimum atomic E-state index is -1.33. The van der Waals surface area contributed by atoms with Gasteiger partial charge in [0.15, 0.2) is 11.6 Å². The van der Waals surface area contributed by atoms with Crippen LogP contribution in [-0.2, 0) is 16.9 Å². The number of thiophene rings is 1. The summed E-state index contributed by atoms with van der Waals surface area (Å²) in [6.07, 6.45) is 1.42. The van der Waals surface area contributed by atoms with Crippen LogP contribution < -0.4 is 4.90 Å². The summed E-state index contributed by atoms with van der Waals surface area (Å²) < 4.78 is 12.4. The molecule has 0 saturated heterocycles. The molecule has 1 atom stereocenters. The lowest BCUT2D eigenvalue weighted by Gasteiger charge is -2.14. The van der Waals surface area contributed by atoms with Gasteiger partial charge < -0.3 is 9.45 Å². The van der Waals surface area contributed by atoms with Crippen molar-refractivity contribution in [2.24, 2.45) is 0 Å². The molecule has 0 amide bonds. The number of nitrogens with zero attached hydrogens (tertiary/aromatic N) is 4. The molecule has 1 N–H and O–H groups in total. The SMILES string of the molecule is CN(C)c1ncnc(C[S+]([O-])c2nc3cscc3[nH]2)c1Cl. The zero-order valence-electron chi connectivity index (χ0n) is 11.3.